The third-order valence-electron chi connectivity index (χ3n) is 4.34. The zero-order valence-electron chi connectivity index (χ0n) is 9.65. The minimum absolute atomic E-state index is 0.750. The summed E-state index contributed by atoms with van der Waals surface area (Å²) >= 11 is 0. The van der Waals surface area contributed by atoms with Gasteiger partial charge in [-0.25, -0.2) is 0 Å². The lowest BCUT2D eigenvalue weighted by Crippen LogP contribution is -2.29. The zero-order valence-corrected chi connectivity index (χ0v) is 9.65. The molecule has 0 saturated heterocycles. The van der Waals surface area contributed by atoms with Crippen molar-refractivity contribution >= 4 is 0 Å². The molecule has 0 aromatic heterocycles. The molecule has 0 unspecified atom stereocenters. The molecule has 2 fully saturated rings. The van der Waals surface area contributed by atoms with Gasteiger partial charge in [0, 0.05) is 6.54 Å². The molecule has 0 bridgehead atoms. The summed E-state index contributed by atoms with van der Waals surface area (Å²) in [5.74, 6) is 1.06. The van der Waals surface area contributed by atoms with Gasteiger partial charge in [-0.1, -0.05) is 32.6 Å². The average Bonchev–Trinajstić information content (AvgIpc) is 3.00. The molecule has 0 atom stereocenters. The predicted octanol–water partition coefficient (Wildman–Crippen LogP) is 3.35. The highest BCUT2D eigenvalue weighted by atomic mass is 14.9. The molecule has 1 N–H and O–H groups in total. The van der Waals surface area contributed by atoms with Crippen LogP contribution in [0.4, 0.5) is 0 Å². The molecule has 1 heteroatoms. The normalized spacial score (nSPS) is 27.2. The maximum absolute atomic E-state index is 3.57. The van der Waals surface area contributed by atoms with Crippen LogP contribution in [-0.4, -0.2) is 13.1 Å². The molecule has 14 heavy (non-hydrogen) atoms. The van der Waals surface area contributed by atoms with Gasteiger partial charge in [0.1, 0.15) is 0 Å². The van der Waals surface area contributed by atoms with Crippen molar-refractivity contribution in [3.05, 3.63) is 0 Å². The number of rotatable bonds is 4. The first kappa shape index (κ1) is 10.5. The van der Waals surface area contributed by atoms with E-state index in [4.69, 9.17) is 0 Å². The summed E-state index contributed by atoms with van der Waals surface area (Å²) < 4.78 is 0. The van der Waals surface area contributed by atoms with Crippen molar-refractivity contribution in [2.24, 2.45) is 11.3 Å². The van der Waals surface area contributed by atoms with Gasteiger partial charge in [-0.15, -0.1) is 0 Å². The van der Waals surface area contributed by atoms with Gasteiger partial charge >= 0.3 is 0 Å². The molecule has 82 valence electrons. The molecule has 2 aliphatic carbocycles. The fraction of sp³-hybridized carbons (Fsp3) is 1.00. The van der Waals surface area contributed by atoms with E-state index in [0.717, 1.165) is 17.9 Å². The van der Waals surface area contributed by atoms with E-state index in [1.165, 1.54) is 57.9 Å². The van der Waals surface area contributed by atoms with Gasteiger partial charge in [-0.2, -0.15) is 0 Å². The van der Waals surface area contributed by atoms with Crippen LogP contribution in [0.15, 0.2) is 0 Å². The Morgan fingerprint density at radius 3 is 2.21 bits per heavy atom. The van der Waals surface area contributed by atoms with E-state index >= 15 is 0 Å². The number of nitrogens with one attached hydrogen (secondary N) is 1. The van der Waals surface area contributed by atoms with Crippen molar-refractivity contribution in [2.75, 3.05) is 13.1 Å². The summed E-state index contributed by atoms with van der Waals surface area (Å²) in [6.07, 6.45) is 12.0. The first-order chi connectivity index (χ1) is 6.87. The Bertz CT molecular complexity index is 164. The largest absolute Gasteiger partial charge is 0.316 e. The minimum atomic E-state index is 0.750. The summed E-state index contributed by atoms with van der Waals surface area (Å²) in [5, 5.41) is 3.57. The quantitative estimate of drug-likeness (QED) is 0.678. The molecule has 2 saturated carbocycles. The van der Waals surface area contributed by atoms with Crippen LogP contribution >= 0.6 is 0 Å². The van der Waals surface area contributed by atoms with Crippen LogP contribution in [0.25, 0.3) is 0 Å². The highest BCUT2D eigenvalue weighted by molar-refractivity contribution is 5.00. The zero-order chi connectivity index (χ0) is 9.86. The molecule has 0 aromatic carbocycles. The second-order valence-corrected chi connectivity index (χ2v) is 5.33. The van der Waals surface area contributed by atoms with Gasteiger partial charge in [0.2, 0.25) is 0 Å². The van der Waals surface area contributed by atoms with Crippen molar-refractivity contribution in [2.45, 2.75) is 58.3 Å². The smallest absolute Gasteiger partial charge is 0.00104 e. The van der Waals surface area contributed by atoms with E-state index in [9.17, 15) is 0 Å². The van der Waals surface area contributed by atoms with Crippen molar-refractivity contribution in [1.82, 2.24) is 5.32 Å². The first-order valence-electron chi connectivity index (χ1n) is 6.58. The molecular formula is C13H25N. The standard InChI is InChI=1S/C13H25N/c1-2-14-11-13(9-10-13)12-7-5-3-4-6-8-12/h12,14H,2-11H2,1H3. The minimum Gasteiger partial charge on any atom is -0.316 e. The van der Waals surface area contributed by atoms with Crippen LogP contribution in [0.5, 0.6) is 0 Å². The van der Waals surface area contributed by atoms with E-state index in [0.29, 0.717) is 0 Å². The van der Waals surface area contributed by atoms with Crippen LogP contribution < -0.4 is 5.32 Å². The Labute approximate surface area is 88.7 Å². The monoisotopic (exact) mass is 195 g/mol. The number of hydrogen-bond donors (Lipinski definition) is 1. The average molecular weight is 195 g/mol. The lowest BCUT2D eigenvalue weighted by Gasteiger charge is -2.26. The third kappa shape index (κ3) is 2.31. The van der Waals surface area contributed by atoms with Crippen molar-refractivity contribution in [3.63, 3.8) is 0 Å². The fourth-order valence-corrected chi connectivity index (χ4v) is 3.16. The van der Waals surface area contributed by atoms with Crippen molar-refractivity contribution in [1.29, 1.82) is 0 Å². The topological polar surface area (TPSA) is 12.0 Å². The molecule has 2 aliphatic rings. The molecule has 0 heterocycles. The highest BCUT2D eigenvalue weighted by Crippen LogP contribution is 2.55. The van der Waals surface area contributed by atoms with E-state index in [-0.39, 0.29) is 0 Å². The Hall–Kier alpha value is -0.0400. The van der Waals surface area contributed by atoms with Crippen LogP contribution in [0.1, 0.15) is 58.3 Å². The summed E-state index contributed by atoms with van der Waals surface area (Å²) in [6, 6.07) is 0. The third-order valence-corrected chi connectivity index (χ3v) is 4.34. The van der Waals surface area contributed by atoms with Crippen LogP contribution in [0, 0.1) is 11.3 Å². The first-order valence-corrected chi connectivity index (χ1v) is 6.58. The second kappa shape index (κ2) is 4.65. The van der Waals surface area contributed by atoms with Gasteiger partial charge in [-0.3, -0.25) is 0 Å². The Balaban J connectivity index is 1.85. The van der Waals surface area contributed by atoms with Crippen molar-refractivity contribution in [3.8, 4) is 0 Å². The van der Waals surface area contributed by atoms with Gasteiger partial charge in [0.15, 0.2) is 0 Å². The Kier molecular flexibility index (Phi) is 3.48. The van der Waals surface area contributed by atoms with E-state index in [1.54, 1.807) is 0 Å². The summed E-state index contributed by atoms with van der Waals surface area (Å²) in [5.41, 5.74) is 0.750. The fourth-order valence-electron chi connectivity index (χ4n) is 3.16. The molecule has 0 aromatic rings. The molecule has 0 amide bonds. The van der Waals surface area contributed by atoms with E-state index < -0.39 is 0 Å². The summed E-state index contributed by atoms with van der Waals surface area (Å²) in [4.78, 5) is 0. The van der Waals surface area contributed by atoms with Crippen LogP contribution in [0.2, 0.25) is 0 Å². The van der Waals surface area contributed by atoms with Gasteiger partial charge in [0.25, 0.3) is 0 Å². The Morgan fingerprint density at radius 2 is 1.71 bits per heavy atom. The predicted molar refractivity (Wildman–Crippen MR) is 61.4 cm³/mol. The van der Waals surface area contributed by atoms with Gasteiger partial charge in [-0.05, 0) is 43.6 Å². The van der Waals surface area contributed by atoms with Crippen molar-refractivity contribution < 1.29 is 0 Å². The SMILES string of the molecule is CCNCC1(C2CCCCCC2)CC1. The maximum Gasteiger partial charge on any atom is 0.00104 e. The summed E-state index contributed by atoms with van der Waals surface area (Å²) in [7, 11) is 0. The van der Waals surface area contributed by atoms with E-state index in [2.05, 4.69) is 12.2 Å². The summed E-state index contributed by atoms with van der Waals surface area (Å²) in [6.45, 7) is 4.67. The maximum atomic E-state index is 3.57. The molecular weight excluding hydrogens is 170 g/mol. The molecule has 1 nitrogen and oxygen atoms in total. The van der Waals surface area contributed by atoms with Crippen LogP contribution in [0.3, 0.4) is 0 Å². The Morgan fingerprint density at radius 1 is 1.07 bits per heavy atom. The van der Waals surface area contributed by atoms with Gasteiger partial charge in [0.05, 0.1) is 0 Å². The molecule has 0 radical (unpaired) electrons. The van der Waals surface area contributed by atoms with Gasteiger partial charge < -0.3 is 5.32 Å². The molecule has 2 rings (SSSR count). The molecule has 0 spiro atoms. The molecule has 0 aliphatic heterocycles. The highest BCUT2D eigenvalue weighted by Gasteiger charge is 2.47. The lowest BCUT2D eigenvalue weighted by molar-refractivity contribution is 0.265. The lowest BCUT2D eigenvalue weighted by atomic mass is 9.83. The van der Waals surface area contributed by atoms with Crippen LogP contribution in [-0.2, 0) is 0 Å². The number of hydrogen-bond acceptors (Lipinski definition) is 1. The second-order valence-electron chi connectivity index (χ2n) is 5.33. The van der Waals surface area contributed by atoms with E-state index in [1.807, 2.05) is 0 Å².